The minimum atomic E-state index is 0.239. The summed E-state index contributed by atoms with van der Waals surface area (Å²) in [4.78, 5) is 13.4. The summed E-state index contributed by atoms with van der Waals surface area (Å²) >= 11 is 0. The van der Waals surface area contributed by atoms with Gasteiger partial charge in [-0.05, 0) is 48.7 Å². The van der Waals surface area contributed by atoms with Gasteiger partial charge in [0, 0.05) is 36.8 Å². The maximum absolute atomic E-state index is 8.88. The van der Waals surface area contributed by atoms with Crippen molar-refractivity contribution in [1.29, 1.82) is 0 Å². The third-order valence-corrected chi connectivity index (χ3v) is 4.58. The molecule has 0 aliphatic carbocycles. The minimum Gasteiger partial charge on any atom is -0.399 e. The van der Waals surface area contributed by atoms with Crippen molar-refractivity contribution in [3.8, 4) is 0 Å². The van der Waals surface area contributed by atoms with E-state index in [1.165, 1.54) is 0 Å². The molecule has 0 unspecified atom stereocenters. The van der Waals surface area contributed by atoms with Gasteiger partial charge in [-0.15, -0.1) is 0 Å². The molecule has 1 heterocycles. The largest absolute Gasteiger partial charge is 0.399 e. The molecule has 164 valence electrons. The smallest absolute Gasteiger partial charge is 0.233 e. The van der Waals surface area contributed by atoms with Gasteiger partial charge in [-0.1, -0.05) is 31.0 Å². The van der Waals surface area contributed by atoms with Crippen molar-refractivity contribution in [3.05, 3.63) is 54.1 Å². The summed E-state index contributed by atoms with van der Waals surface area (Å²) in [5.74, 6) is 1.37. The van der Waals surface area contributed by atoms with Crippen LogP contribution in [0.1, 0.15) is 31.2 Å². The first-order chi connectivity index (χ1) is 15.1. The highest BCUT2D eigenvalue weighted by Crippen LogP contribution is 2.18. The molecule has 0 aliphatic rings. The van der Waals surface area contributed by atoms with Gasteiger partial charge in [0.05, 0.1) is 0 Å². The van der Waals surface area contributed by atoms with Crippen molar-refractivity contribution in [2.75, 3.05) is 40.6 Å². The summed E-state index contributed by atoms with van der Waals surface area (Å²) in [7, 11) is 0. The fourth-order valence-electron chi connectivity index (χ4n) is 2.94. The van der Waals surface area contributed by atoms with E-state index in [1.54, 1.807) is 0 Å². The van der Waals surface area contributed by atoms with E-state index in [2.05, 4.69) is 30.9 Å². The van der Waals surface area contributed by atoms with Crippen molar-refractivity contribution >= 4 is 34.9 Å². The van der Waals surface area contributed by atoms with Gasteiger partial charge in [0.25, 0.3) is 0 Å². The number of unbranched alkanes of at least 4 members (excludes halogenated alkanes) is 3. The highest BCUT2D eigenvalue weighted by atomic mass is 16.2. The highest BCUT2D eigenvalue weighted by molar-refractivity contribution is 5.60. The molecule has 0 amide bonds. The number of aromatic nitrogens is 3. The van der Waals surface area contributed by atoms with Crippen LogP contribution in [0.25, 0.3) is 0 Å². The fraction of sp³-hybridized carbons (Fsp3) is 0.318. The Morgan fingerprint density at radius 3 is 2.19 bits per heavy atom. The van der Waals surface area contributed by atoms with Gasteiger partial charge in [0.15, 0.2) is 0 Å². The van der Waals surface area contributed by atoms with Crippen LogP contribution in [0.4, 0.5) is 34.9 Å². The lowest BCUT2D eigenvalue weighted by Crippen LogP contribution is -2.12. The number of rotatable bonds is 12. The molecule has 9 nitrogen and oxygen atoms in total. The Morgan fingerprint density at radius 2 is 1.45 bits per heavy atom. The predicted molar refractivity (Wildman–Crippen MR) is 126 cm³/mol. The van der Waals surface area contributed by atoms with Crippen LogP contribution in [-0.2, 0) is 6.54 Å². The number of nitrogens with one attached hydrogen (secondary N) is 3. The van der Waals surface area contributed by atoms with Crippen LogP contribution in [0, 0.1) is 0 Å². The Labute approximate surface area is 182 Å². The van der Waals surface area contributed by atoms with Gasteiger partial charge in [-0.25, -0.2) is 0 Å². The third-order valence-electron chi connectivity index (χ3n) is 4.58. The summed E-state index contributed by atoms with van der Waals surface area (Å²) in [6.07, 6.45) is 3.85. The Balaban J connectivity index is 1.68. The zero-order valence-electron chi connectivity index (χ0n) is 17.5. The number of hydrogen-bond donors (Lipinski definition) is 6. The lowest BCUT2D eigenvalue weighted by atomic mass is 10.2. The van der Waals surface area contributed by atoms with Crippen LogP contribution in [0.3, 0.4) is 0 Å². The molecule has 0 fully saturated rings. The van der Waals surface area contributed by atoms with E-state index >= 15 is 0 Å². The summed E-state index contributed by atoms with van der Waals surface area (Å²) < 4.78 is 0. The van der Waals surface area contributed by atoms with Crippen LogP contribution in [-0.4, -0.2) is 33.2 Å². The number of nitrogens with zero attached hydrogens (tertiary/aromatic N) is 3. The first kappa shape index (κ1) is 22.1. The number of hydrogen-bond acceptors (Lipinski definition) is 9. The first-order valence-electron chi connectivity index (χ1n) is 10.4. The summed E-state index contributed by atoms with van der Waals surface area (Å²) in [6, 6.07) is 15.0. The number of benzene rings is 2. The van der Waals surface area contributed by atoms with Crippen molar-refractivity contribution < 1.29 is 5.11 Å². The average Bonchev–Trinajstić information content (AvgIpc) is 2.76. The molecule has 9 heteroatoms. The highest BCUT2D eigenvalue weighted by Gasteiger charge is 2.08. The molecule has 31 heavy (non-hydrogen) atoms. The molecular weight excluding hydrogens is 392 g/mol. The third kappa shape index (κ3) is 7.63. The molecular formula is C22H30N8O. The van der Waals surface area contributed by atoms with E-state index < -0.39 is 0 Å². The Bertz CT molecular complexity index is 948. The van der Waals surface area contributed by atoms with Gasteiger partial charge >= 0.3 is 0 Å². The van der Waals surface area contributed by atoms with Crippen molar-refractivity contribution in [2.24, 2.45) is 0 Å². The predicted octanol–water partition coefficient (Wildman–Crippen LogP) is 3.36. The first-order valence-corrected chi connectivity index (χ1v) is 10.4. The zero-order valence-corrected chi connectivity index (χ0v) is 17.5. The van der Waals surface area contributed by atoms with E-state index in [9.17, 15) is 0 Å². The quantitative estimate of drug-likeness (QED) is 0.191. The van der Waals surface area contributed by atoms with Crippen LogP contribution in [0.15, 0.2) is 48.5 Å². The number of aliphatic hydroxyl groups is 1. The van der Waals surface area contributed by atoms with Gasteiger partial charge in [0.1, 0.15) is 0 Å². The van der Waals surface area contributed by atoms with Crippen molar-refractivity contribution in [3.63, 3.8) is 0 Å². The standard InChI is InChI=1S/C22H30N8O/c23-17-10-8-16(9-11-17)15-26-21-28-20(25-12-3-1-2-4-13-31)29-22(30-21)27-19-7-5-6-18(24)14-19/h5-11,14,31H,1-4,12-13,15,23-24H2,(H3,25,26,27,28,29,30). The van der Waals surface area contributed by atoms with Gasteiger partial charge in [-0.3, -0.25) is 0 Å². The summed E-state index contributed by atoms with van der Waals surface area (Å²) in [5, 5.41) is 18.6. The second-order valence-corrected chi connectivity index (χ2v) is 7.22. The van der Waals surface area contributed by atoms with Crippen molar-refractivity contribution in [2.45, 2.75) is 32.2 Å². The maximum atomic E-state index is 8.88. The molecule has 8 N–H and O–H groups in total. The van der Waals surface area contributed by atoms with Crippen LogP contribution in [0.2, 0.25) is 0 Å². The molecule has 0 saturated carbocycles. The van der Waals surface area contributed by atoms with Crippen LogP contribution in [0.5, 0.6) is 0 Å². The lowest BCUT2D eigenvalue weighted by Gasteiger charge is -2.12. The molecule has 0 radical (unpaired) electrons. The van der Waals surface area contributed by atoms with E-state index in [0.29, 0.717) is 30.1 Å². The second kappa shape index (κ2) is 11.6. The number of nitrogens with two attached hydrogens (primary N) is 2. The second-order valence-electron chi connectivity index (χ2n) is 7.22. The number of anilines is 6. The molecule has 0 spiro atoms. The SMILES string of the molecule is Nc1ccc(CNc2nc(NCCCCCCO)nc(Nc3cccc(N)c3)n2)cc1. The van der Waals surface area contributed by atoms with E-state index in [1.807, 2.05) is 48.5 Å². The van der Waals surface area contributed by atoms with Crippen molar-refractivity contribution in [1.82, 2.24) is 15.0 Å². The Morgan fingerprint density at radius 1 is 0.742 bits per heavy atom. The van der Waals surface area contributed by atoms with Gasteiger partial charge in [-0.2, -0.15) is 15.0 Å². The number of nitrogen functional groups attached to an aromatic ring is 2. The van der Waals surface area contributed by atoms with E-state index in [0.717, 1.165) is 49.2 Å². The molecule has 2 aromatic carbocycles. The molecule has 0 bridgehead atoms. The lowest BCUT2D eigenvalue weighted by molar-refractivity contribution is 0.283. The van der Waals surface area contributed by atoms with Gasteiger partial charge < -0.3 is 32.5 Å². The molecule has 1 aromatic heterocycles. The maximum Gasteiger partial charge on any atom is 0.233 e. The number of aliphatic hydroxyl groups excluding tert-OH is 1. The van der Waals surface area contributed by atoms with E-state index in [-0.39, 0.29) is 6.61 Å². The molecule has 0 saturated heterocycles. The molecule has 0 atom stereocenters. The topological polar surface area (TPSA) is 147 Å². The van der Waals surface area contributed by atoms with E-state index in [4.69, 9.17) is 16.6 Å². The average molecular weight is 423 g/mol. The molecule has 3 rings (SSSR count). The van der Waals surface area contributed by atoms with Gasteiger partial charge in [0.2, 0.25) is 17.8 Å². The Hall–Kier alpha value is -3.59. The Kier molecular flexibility index (Phi) is 8.24. The van der Waals surface area contributed by atoms with Crippen LogP contribution < -0.4 is 27.4 Å². The molecule has 3 aromatic rings. The minimum absolute atomic E-state index is 0.239. The summed E-state index contributed by atoms with van der Waals surface area (Å²) in [6.45, 7) is 1.54. The normalized spacial score (nSPS) is 10.6. The summed E-state index contributed by atoms with van der Waals surface area (Å²) in [5.41, 5.74) is 14.9. The van der Waals surface area contributed by atoms with Crippen LogP contribution >= 0.6 is 0 Å². The molecule has 0 aliphatic heterocycles. The fourth-order valence-corrected chi connectivity index (χ4v) is 2.94. The zero-order chi connectivity index (χ0) is 21.9. The monoisotopic (exact) mass is 422 g/mol.